The molecule has 0 amide bonds. The average molecular weight is 189 g/mol. The molecule has 0 aromatic carbocycles. The summed E-state index contributed by atoms with van der Waals surface area (Å²) in [4.78, 5) is 0. The van der Waals surface area contributed by atoms with E-state index in [9.17, 15) is 0 Å². The molecule has 1 aliphatic rings. The number of nitrogens with one attached hydrogen (secondary N) is 1. The van der Waals surface area contributed by atoms with Crippen molar-refractivity contribution in [2.45, 2.75) is 12.8 Å². The number of nitrogens with zero attached hydrogens (tertiary/aromatic N) is 2. The SMILES string of the molecule is Cn1cc(C#CC2CCNCC2)cn1. The first-order valence-corrected chi connectivity index (χ1v) is 5.05. The Morgan fingerprint density at radius 1 is 1.50 bits per heavy atom. The molecule has 0 atom stereocenters. The van der Waals surface area contributed by atoms with E-state index in [-0.39, 0.29) is 0 Å². The fourth-order valence-electron chi connectivity index (χ4n) is 1.64. The van der Waals surface area contributed by atoms with Crippen molar-refractivity contribution < 1.29 is 0 Å². The van der Waals surface area contributed by atoms with Crippen molar-refractivity contribution in [3.05, 3.63) is 18.0 Å². The van der Waals surface area contributed by atoms with Crippen molar-refractivity contribution in [2.75, 3.05) is 13.1 Å². The minimum absolute atomic E-state index is 0.566. The molecule has 1 aromatic heterocycles. The van der Waals surface area contributed by atoms with Crippen molar-refractivity contribution in [2.24, 2.45) is 13.0 Å². The second-order valence-electron chi connectivity index (χ2n) is 3.70. The van der Waals surface area contributed by atoms with Crippen LogP contribution in [-0.2, 0) is 7.05 Å². The molecular formula is C11H15N3. The molecule has 3 heteroatoms. The van der Waals surface area contributed by atoms with Gasteiger partial charge in [-0.3, -0.25) is 4.68 Å². The van der Waals surface area contributed by atoms with Crippen molar-refractivity contribution in [1.82, 2.24) is 15.1 Å². The van der Waals surface area contributed by atoms with Crippen LogP contribution in [-0.4, -0.2) is 22.9 Å². The summed E-state index contributed by atoms with van der Waals surface area (Å²) < 4.78 is 1.78. The van der Waals surface area contributed by atoms with Crippen LogP contribution in [0.3, 0.4) is 0 Å². The Morgan fingerprint density at radius 2 is 2.29 bits per heavy atom. The van der Waals surface area contributed by atoms with E-state index in [1.54, 1.807) is 4.68 Å². The number of aryl methyl sites for hydroxylation is 1. The normalized spacial score (nSPS) is 17.5. The van der Waals surface area contributed by atoms with Gasteiger partial charge in [0.25, 0.3) is 0 Å². The van der Waals surface area contributed by atoms with Gasteiger partial charge in [0.15, 0.2) is 0 Å². The molecule has 1 aromatic rings. The van der Waals surface area contributed by atoms with Gasteiger partial charge in [0.05, 0.1) is 11.8 Å². The molecule has 2 rings (SSSR count). The molecular weight excluding hydrogens is 174 g/mol. The monoisotopic (exact) mass is 189 g/mol. The minimum atomic E-state index is 0.566. The van der Waals surface area contributed by atoms with Gasteiger partial charge < -0.3 is 5.32 Å². The number of hydrogen-bond acceptors (Lipinski definition) is 2. The standard InChI is InChI=1S/C11H15N3/c1-14-9-11(8-13-14)3-2-10-4-6-12-7-5-10/h8-10,12H,4-7H2,1H3. The summed E-state index contributed by atoms with van der Waals surface area (Å²) in [7, 11) is 1.91. The fourth-order valence-corrected chi connectivity index (χ4v) is 1.64. The zero-order chi connectivity index (χ0) is 9.80. The second-order valence-corrected chi connectivity index (χ2v) is 3.70. The van der Waals surface area contributed by atoms with Crippen molar-refractivity contribution in [3.8, 4) is 11.8 Å². The summed E-state index contributed by atoms with van der Waals surface area (Å²) >= 11 is 0. The highest BCUT2D eigenvalue weighted by Gasteiger charge is 2.09. The Hall–Kier alpha value is -1.27. The third-order valence-corrected chi connectivity index (χ3v) is 2.46. The highest BCUT2D eigenvalue weighted by molar-refractivity contribution is 5.30. The van der Waals surface area contributed by atoms with E-state index in [2.05, 4.69) is 22.3 Å². The second kappa shape index (κ2) is 4.30. The smallest absolute Gasteiger partial charge is 0.0646 e. The van der Waals surface area contributed by atoms with Gasteiger partial charge in [-0.05, 0) is 25.9 Å². The number of hydrogen-bond donors (Lipinski definition) is 1. The Kier molecular flexibility index (Phi) is 2.85. The Morgan fingerprint density at radius 3 is 2.93 bits per heavy atom. The Balaban J connectivity index is 1.98. The molecule has 0 spiro atoms. The third-order valence-electron chi connectivity index (χ3n) is 2.46. The number of rotatable bonds is 0. The topological polar surface area (TPSA) is 29.9 Å². The summed E-state index contributed by atoms with van der Waals surface area (Å²) in [5, 5.41) is 7.41. The molecule has 0 radical (unpaired) electrons. The van der Waals surface area contributed by atoms with Gasteiger partial charge >= 0.3 is 0 Å². The lowest BCUT2D eigenvalue weighted by molar-refractivity contribution is 0.447. The van der Waals surface area contributed by atoms with Crippen molar-refractivity contribution in [1.29, 1.82) is 0 Å². The fraction of sp³-hybridized carbons (Fsp3) is 0.545. The molecule has 3 nitrogen and oxygen atoms in total. The van der Waals surface area contributed by atoms with Crippen LogP contribution in [0.2, 0.25) is 0 Å². The molecule has 1 saturated heterocycles. The van der Waals surface area contributed by atoms with Crippen LogP contribution in [0.25, 0.3) is 0 Å². The quantitative estimate of drug-likeness (QED) is 0.611. The predicted molar refractivity (Wildman–Crippen MR) is 55.7 cm³/mol. The van der Waals surface area contributed by atoms with E-state index >= 15 is 0 Å². The van der Waals surface area contributed by atoms with Gasteiger partial charge in [-0.15, -0.1) is 0 Å². The lowest BCUT2D eigenvalue weighted by Crippen LogP contribution is -2.26. The molecule has 0 bridgehead atoms. The van der Waals surface area contributed by atoms with E-state index in [4.69, 9.17) is 0 Å². The summed E-state index contributed by atoms with van der Waals surface area (Å²) in [6.45, 7) is 2.21. The van der Waals surface area contributed by atoms with E-state index in [0.29, 0.717) is 5.92 Å². The van der Waals surface area contributed by atoms with Gasteiger partial charge in [0, 0.05) is 19.2 Å². The molecule has 1 aliphatic heterocycles. The minimum Gasteiger partial charge on any atom is -0.317 e. The molecule has 1 N–H and O–H groups in total. The van der Waals surface area contributed by atoms with E-state index < -0.39 is 0 Å². The van der Waals surface area contributed by atoms with E-state index in [0.717, 1.165) is 18.7 Å². The van der Waals surface area contributed by atoms with Crippen LogP contribution in [0.4, 0.5) is 0 Å². The first kappa shape index (κ1) is 9.29. The molecule has 14 heavy (non-hydrogen) atoms. The summed E-state index contributed by atoms with van der Waals surface area (Å²) in [5.41, 5.74) is 1.02. The third kappa shape index (κ3) is 2.36. The van der Waals surface area contributed by atoms with Crippen molar-refractivity contribution >= 4 is 0 Å². The maximum Gasteiger partial charge on any atom is 0.0646 e. The van der Waals surface area contributed by atoms with Gasteiger partial charge in [0.2, 0.25) is 0 Å². The number of aromatic nitrogens is 2. The summed E-state index contributed by atoms with van der Waals surface area (Å²) in [6.07, 6.45) is 6.11. The maximum atomic E-state index is 4.08. The van der Waals surface area contributed by atoms with Gasteiger partial charge in [0.1, 0.15) is 0 Å². The first-order chi connectivity index (χ1) is 6.84. The summed E-state index contributed by atoms with van der Waals surface area (Å²) in [6, 6.07) is 0. The predicted octanol–water partition coefficient (Wildman–Crippen LogP) is 0.771. The van der Waals surface area contributed by atoms with E-state index in [1.807, 2.05) is 19.4 Å². The van der Waals surface area contributed by atoms with Gasteiger partial charge in [-0.1, -0.05) is 11.8 Å². The molecule has 2 heterocycles. The Bertz CT molecular complexity index is 350. The molecule has 1 fully saturated rings. The van der Waals surface area contributed by atoms with E-state index in [1.165, 1.54) is 12.8 Å². The highest BCUT2D eigenvalue weighted by atomic mass is 15.2. The molecule has 0 unspecified atom stereocenters. The Labute approximate surface area is 84.5 Å². The van der Waals surface area contributed by atoms with Crippen LogP contribution in [0.5, 0.6) is 0 Å². The van der Waals surface area contributed by atoms with Gasteiger partial charge in [-0.2, -0.15) is 5.10 Å². The molecule has 0 saturated carbocycles. The highest BCUT2D eigenvalue weighted by Crippen LogP contribution is 2.09. The van der Waals surface area contributed by atoms with Crippen LogP contribution < -0.4 is 5.32 Å². The maximum absolute atomic E-state index is 4.08. The average Bonchev–Trinajstić information content (AvgIpc) is 2.63. The largest absolute Gasteiger partial charge is 0.317 e. The van der Waals surface area contributed by atoms with Crippen LogP contribution in [0.15, 0.2) is 12.4 Å². The summed E-state index contributed by atoms with van der Waals surface area (Å²) in [5.74, 6) is 7.05. The number of piperidine rings is 1. The van der Waals surface area contributed by atoms with Crippen LogP contribution in [0, 0.1) is 17.8 Å². The molecule has 0 aliphatic carbocycles. The molecule has 74 valence electrons. The lowest BCUT2D eigenvalue weighted by atomic mass is 9.99. The lowest BCUT2D eigenvalue weighted by Gasteiger charge is -2.17. The first-order valence-electron chi connectivity index (χ1n) is 5.05. The van der Waals surface area contributed by atoms with Crippen LogP contribution >= 0.6 is 0 Å². The van der Waals surface area contributed by atoms with Crippen molar-refractivity contribution in [3.63, 3.8) is 0 Å². The van der Waals surface area contributed by atoms with Gasteiger partial charge in [-0.25, -0.2) is 0 Å². The zero-order valence-electron chi connectivity index (χ0n) is 8.45. The zero-order valence-corrected chi connectivity index (χ0v) is 8.45. The van der Waals surface area contributed by atoms with Crippen LogP contribution in [0.1, 0.15) is 18.4 Å².